The molecule has 0 aliphatic heterocycles. The van der Waals surface area contributed by atoms with E-state index in [9.17, 15) is 4.79 Å². The molecule has 0 unspecified atom stereocenters. The number of anilines is 1. The molecule has 72 valence electrons. The lowest BCUT2D eigenvalue weighted by molar-refractivity contribution is 0.111. The molecule has 0 saturated heterocycles. The van der Waals surface area contributed by atoms with Crippen molar-refractivity contribution in [2.45, 2.75) is 0 Å². The first-order valence-corrected chi connectivity index (χ1v) is 4.19. The number of hydrogen-bond acceptors (Lipinski definition) is 4. The Bertz CT molecular complexity index is 475. The maximum Gasteiger partial charge on any atom is 0.170 e. The van der Waals surface area contributed by atoms with Gasteiger partial charge in [-0.05, 0) is 12.1 Å². The number of fused-ring (bicyclic) bond motifs is 1. The van der Waals surface area contributed by atoms with Gasteiger partial charge in [0.15, 0.2) is 11.9 Å². The molecular formula is C9H10N4O. The van der Waals surface area contributed by atoms with E-state index in [4.69, 9.17) is 0 Å². The Balaban J connectivity index is 2.59. The van der Waals surface area contributed by atoms with E-state index in [1.165, 1.54) is 0 Å². The van der Waals surface area contributed by atoms with Gasteiger partial charge in [0, 0.05) is 14.1 Å². The first-order chi connectivity index (χ1) is 6.70. The molecule has 0 N–H and O–H groups in total. The van der Waals surface area contributed by atoms with Crippen LogP contribution in [-0.2, 0) is 0 Å². The van der Waals surface area contributed by atoms with E-state index in [1.807, 2.05) is 31.1 Å². The second-order valence-corrected chi connectivity index (χ2v) is 3.17. The van der Waals surface area contributed by atoms with E-state index in [2.05, 4.69) is 10.1 Å². The number of rotatable bonds is 2. The highest BCUT2D eigenvalue weighted by molar-refractivity contribution is 5.73. The lowest BCUT2D eigenvalue weighted by Crippen LogP contribution is -2.11. The number of carbonyl (C=O) groups excluding carboxylic acids is 1. The molecule has 2 heterocycles. The lowest BCUT2D eigenvalue weighted by Gasteiger charge is -2.09. The molecule has 0 bridgehead atoms. The molecule has 0 radical (unpaired) electrons. The van der Waals surface area contributed by atoms with Crippen LogP contribution in [0.25, 0.3) is 5.65 Å². The molecule has 2 aromatic heterocycles. The minimum Gasteiger partial charge on any atom is -0.361 e. The molecule has 5 heteroatoms. The molecule has 5 nitrogen and oxygen atoms in total. The Morgan fingerprint density at radius 2 is 2.21 bits per heavy atom. The van der Waals surface area contributed by atoms with Crippen molar-refractivity contribution in [3.63, 3.8) is 0 Å². The molecule has 2 aromatic rings. The van der Waals surface area contributed by atoms with E-state index >= 15 is 0 Å². The standard InChI is InChI=1S/C9H10N4O/c1-12(2)9-4-3-8-10-7(6-14)5-13(8)11-9/h3-6H,1-2H3. The Morgan fingerprint density at radius 3 is 2.86 bits per heavy atom. The van der Waals surface area contributed by atoms with Gasteiger partial charge >= 0.3 is 0 Å². The zero-order chi connectivity index (χ0) is 10.1. The van der Waals surface area contributed by atoms with Crippen molar-refractivity contribution in [3.05, 3.63) is 24.0 Å². The van der Waals surface area contributed by atoms with Gasteiger partial charge < -0.3 is 4.90 Å². The van der Waals surface area contributed by atoms with E-state index < -0.39 is 0 Å². The van der Waals surface area contributed by atoms with Crippen LogP contribution in [0.1, 0.15) is 10.5 Å². The highest BCUT2D eigenvalue weighted by atomic mass is 16.1. The first-order valence-electron chi connectivity index (χ1n) is 4.19. The number of aromatic nitrogens is 3. The molecule has 0 aromatic carbocycles. The maximum atomic E-state index is 10.5. The summed E-state index contributed by atoms with van der Waals surface area (Å²) in [5.41, 5.74) is 1.08. The van der Waals surface area contributed by atoms with Crippen LogP contribution >= 0.6 is 0 Å². The average molecular weight is 190 g/mol. The molecule has 0 aliphatic carbocycles. The summed E-state index contributed by atoms with van der Waals surface area (Å²) in [7, 11) is 3.82. The van der Waals surface area contributed by atoms with E-state index in [0.29, 0.717) is 17.6 Å². The fraction of sp³-hybridized carbons (Fsp3) is 0.222. The van der Waals surface area contributed by atoms with Gasteiger partial charge in [0.05, 0.1) is 6.20 Å². The minimum atomic E-state index is 0.397. The fourth-order valence-corrected chi connectivity index (χ4v) is 1.19. The largest absolute Gasteiger partial charge is 0.361 e. The van der Waals surface area contributed by atoms with Crippen LogP contribution in [-0.4, -0.2) is 35.0 Å². The summed E-state index contributed by atoms with van der Waals surface area (Å²) in [6, 6.07) is 3.69. The zero-order valence-electron chi connectivity index (χ0n) is 8.01. The number of hydrogen-bond donors (Lipinski definition) is 0. The molecule has 0 saturated carbocycles. The van der Waals surface area contributed by atoms with Crippen molar-refractivity contribution in [1.29, 1.82) is 0 Å². The minimum absolute atomic E-state index is 0.397. The van der Waals surface area contributed by atoms with Gasteiger partial charge in [-0.25, -0.2) is 9.50 Å². The summed E-state index contributed by atoms with van der Waals surface area (Å²) in [6.45, 7) is 0. The average Bonchev–Trinajstić information content (AvgIpc) is 2.58. The van der Waals surface area contributed by atoms with Crippen LogP contribution in [0.3, 0.4) is 0 Å². The Morgan fingerprint density at radius 1 is 1.43 bits per heavy atom. The SMILES string of the molecule is CN(C)c1ccc2nc(C=O)cn2n1. The smallest absolute Gasteiger partial charge is 0.170 e. The molecule has 2 rings (SSSR count). The van der Waals surface area contributed by atoms with Crippen LogP contribution in [0.5, 0.6) is 0 Å². The highest BCUT2D eigenvalue weighted by Crippen LogP contribution is 2.08. The van der Waals surface area contributed by atoms with Gasteiger partial charge in [0.2, 0.25) is 0 Å². The van der Waals surface area contributed by atoms with Gasteiger partial charge in [0.25, 0.3) is 0 Å². The normalized spacial score (nSPS) is 10.4. The third-order valence-corrected chi connectivity index (χ3v) is 1.90. The van der Waals surface area contributed by atoms with Gasteiger partial charge in [0.1, 0.15) is 11.5 Å². The van der Waals surface area contributed by atoms with E-state index in [0.717, 1.165) is 5.82 Å². The van der Waals surface area contributed by atoms with Crippen molar-refractivity contribution >= 4 is 17.8 Å². The first kappa shape index (κ1) is 8.68. The monoisotopic (exact) mass is 190 g/mol. The second kappa shape index (κ2) is 3.10. The zero-order valence-corrected chi connectivity index (χ0v) is 8.01. The number of carbonyl (C=O) groups is 1. The highest BCUT2D eigenvalue weighted by Gasteiger charge is 2.03. The lowest BCUT2D eigenvalue weighted by atomic mass is 10.5. The van der Waals surface area contributed by atoms with Crippen molar-refractivity contribution in [2.24, 2.45) is 0 Å². The van der Waals surface area contributed by atoms with Gasteiger partial charge in [-0.2, -0.15) is 0 Å². The molecule has 0 fully saturated rings. The van der Waals surface area contributed by atoms with Crippen molar-refractivity contribution in [2.75, 3.05) is 19.0 Å². The summed E-state index contributed by atoms with van der Waals surface area (Å²) in [4.78, 5) is 16.4. The van der Waals surface area contributed by atoms with E-state index in [1.54, 1.807) is 10.7 Å². The number of nitrogens with zero attached hydrogens (tertiary/aromatic N) is 4. The molecular weight excluding hydrogens is 180 g/mol. The predicted octanol–water partition coefficient (Wildman–Crippen LogP) is 0.608. The summed E-state index contributed by atoms with van der Waals surface area (Å²) < 4.78 is 1.60. The van der Waals surface area contributed by atoms with Gasteiger partial charge in [-0.15, -0.1) is 5.10 Å². The molecule has 0 amide bonds. The molecule has 0 atom stereocenters. The van der Waals surface area contributed by atoms with Crippen LogP contribution in [0, 0.1) is 0 Å². The van der Waals surface area contributed by atoms with Crippen molar-refractivity contribution < 1.29 is 4.79 Å². The molecule has 0 spiro atoms. The second-order valence-electron chi connectivity index (χ2n) is 3.17. The van der Waals surface area contributed by atoms with Crippen LogP contribution in [0.2, 0.25) is 0 Å². The van der Waals surface area contributed by atoms with Crippen LogP contribution < -0.4 is 4.90 Å². The summed E-state index contributed by atoms with van der Waals surface area (Å²) in [5.74, 6) is 0.826. The quantitative estimate of drug-likeness (QED) is 0.651. The Labute approximate surface area is 81.0 Å². The Hall–Kier alpha value is -1.91. The Kier molecular flexibility index (Phi) is 1.92. The van der Waals surface area contributed by atoms with Crippen molar-refractivity contribution in [1.82, 2.24) is 14.6 Å². The molecule has 14 heavy (non-hydrogen) atoms. The number of imidazole rings is 1. The fourth-order valence-electron chi connectivity index (χ4n) is 1.19. The van der Waals surface area contributed by atoms with Crippen molar-refractivity contribution in [3.8, 4) is 0 Å². The predicted molar refractivity (Wildman–Crippen MR) is 52.7 cm³/mol. The summed E-state index contributed by atoms with van der Waals surface area (Å²) >= 11 is 0. The van der Waals surface area contributed by atoms with E-state index in [-0.39, 0.29) is 0 Å². The van der Waals surface area contributed by atoms with Gasteiger partial charge in [-0.3, -0.25) is 4.79 Å². The van der Waals surface area contributed by atoms with Gasteiger partial charge in [-0.1, -0.05) is 0 Å². The van der Waals surface area contributed by atoms with Crippen LogP contribution in [0.15, 0.2) is 18.3 Å². The third-order valence-electron chi connectivity index (χ3n) is 1.90. The topological polar surface area (TPSA) is 50.5 Å². The maximum absolute atomic E-state index is 10.5. The van der Waals surface area contributed by atoms with Crippen LogP contribution in [0.4, 0.5) is 5.82 Å². The third kappa shape index (κ3) is 1.32. The summed E-state index contributed by atoms with van der Waals surface area (Å²) in [6.07, 6.45) is 2.32. The summed E-state index contributed by atoms with van der Waals surface area (Å²) in [5, 5.41) is 4.26. The molecule has 0 aliphatic rings. The number of aldehydes is 1.